The average molecular weight is 242 g/mol. The lowest BCUT2D eigenvalue weighted by Crippen LogP contribution is -2.33. The van der Waals surface area contributed by atoms with Crippen molar-refractivity contribution in [3.8, 4) is 0 Å². The topological polar surface area (TPSA) is 110 Å². The number of aliphatic imine (C=N–C) groups is 1. The standard InChI is InChI=1S/C9H10N2O4S/c1-4(8(13)14)6(12)7-5(2-3-16-7)11-9(10)15/h2-4,7H,1H3,(H2,10,15)(H,13,14). The van der Waals surface area contributed by atoms with Crippen molar-refractivity contribution in [1.82, 2.24) is 0 Å². The summed E-state index contributed by atoms with van der Waals surface area (Å²) < 4.78 is 0. The molecule has 0 spiro atoms. The Balaban J connectivity index is 2.86. The summed E-state index contributed by atoms with van der Waals surface area (Å²) in [6.07, 6.45) is 1.48. The van der Waals surface area contributed by atoms with Gasteiger partial charge in [-0.2, -0.15) is 4.99 Å². The molecule has 7 heteroatoms. The quantitative estimate of drug-likeness (QED) is 0.697. The van der Waals surface area contributed by atoms with Crippen LogP contribution < -0.4 is 5.73 Å². The maximum Gasteiger partial charge on any atom is 0.338 e. The van der Waals surface area contributed by atoms with Gasteiger partial charge in [0, 0.05) is 0 Å². The first kappa shape index (κ1) is 12.4. The maximum absolute atomic E-state index is 11.7. The fraction of sp³-hybridized carbons (Fsp3) is 0.333. The van der Waals surface area contributed by atoms with Crippen molar-refractivity contribution in [2.45, 2.75) is 12.2 Å². The minimum Gasteiger partial charge on any atom is -0.481 e. The summed E-state index contributed by atoms with van der Waals surface area (Å²) >= 11 is 1.11. The first-order chi connectivity index (χ1) is 7.43. The number of hydrogen-bond donors (Lipinski definition) is 2. The van der Waals surface area contributed by atoms with Gasteiger partial charge in [0.05, 0.1) is 5.71 Å². The zero-order valence-electron chi connectivity index (χ0n) is 8.41. The average Bonchev–Trinajstić information content (AvgIpc) is 2.62. The first-order valence-electron chi connectivity index (χ1n) is 4.40. The molecule has 0 saturated carbocycles. The normalized spacial score (nSPS) is 23.3. The Bertz CT molecular complexity index is 402. The van der Waals surface area contributed by atoms with Gasteiger partial charge in [-0.05, 0) is 18.4 Å². The third-order valence-electron chi connectivity index (χ3n) is 2.02. The van der Waals surface area contributed by atoms with E-state index >= 15 is 0 Å². The number of Topliss-reactive ketones (excluding diaryl/α,β-unsaturated/α-hetero) is 1. The number of amides is 2. The van der Waals surface area contributed by atoms with Crippen LogP contribution in [0.5, 0.6) is 0 Å². The number of carbonyl (C=O) groups excluding carboxylic acids is 2. The molecule has 0 saturated heterocycles. The molecule has 2 unspecified atom stereocenters. The number of allylic oxidation sites excluding steroid dienone is 1. The Kier molecular flexibility index (Phi) is 3.83. The van der Waals surface area contributed by atoms with Gasteiger partial charge in [-0.1, -0.05) is 0 Å². The van der Waals surface area contributed by atoms with Gasteiger partial charge in [0.1, 0.15) is 11.2 Å². The van der Waals surface area contributed by atoms with E-state index in [1.807, 2.05) is 0 Å². The smallest absolute Gasteiger partial charge is 0.338 e. The number of ketones is 1. The molecule has 6 nitrogen and oxygen atoms in total. The molecule has 1 aliphatic rings. The van der Waals surface area contributed by atoms with Gasteiger partial charge in [0.2, 0.25) is 0 Å². The van der Waals surface area contributed by atoms with E-state index in [-0.39, 0.29) is 5.71 Å². The third kappa shape index (κ3) is 2.69. The Morgan fingerprint density at radius 3 is 2.69 bits per heavy atom. The van der Waals surface area contributed by atoms with Crippen molar-refractivity contribution in [3.63, 3.8) is 0 Å². The minimum absolute atomic E-state index is 0.204. The van der Waals surface area contributed by atoms with Crippen LogP contribution in [-0.2, 0) is 9.59 Å². The number of primary amides is 1. The highest BCUT2D eigenvalue weighted by atomic mass is 32.2. The molecule has 16 heavy (non-hydrogen) atoms. The lowest BCUT2D eigenvalue weighted by Gasteiger charge is -2.11. The first-order valence-corrected chi connectivity index (χ1v) is 5.34. The molecule has 86 valence electrons. The van der Waals surface area contributed by atoms with Crippen molar-refractivity contribution >= 4 is 35.3 Å². The molecular weight excluding hydrogens is 232 g/mol. The van der Waals surface area contributed by atoms with Gasteiger partial charge in [-0.3, -0.25) is 9.59 Å². The van der Waals surface area contributed by atoms with Crippen LogP contribution in [0.1, 0.15) is 6.92 Å². The van der Waals surface area contributed by atoms with E-state index in [9.17, 15) is 14.4 Å². The molecule has 0 aliphatic carbocycles. The van der Waals surface area contributed by atoms with Crippen LogP contribution in [0.3, 0.4) is 0 Å². The fourth-order valence-electron chi connectivity index (χ4n) is 1.13. The molecule has 2 amide bonds. The summed E-state index contributed by atoms with van der Waals surface area (Å²) in [5.74, 6) is -2.83. The van der Waals surface area contributed by atoms with Gasteiger partial charge in [-0.15, -0.1) is 11.8 Å². The number of hydrogen-bond acceptors (Lipinski definition) is 4. The van der Waals surface area contributed by atoms with Gasteiger partial charge < -0.3 is 10.8 Å². The van der Waals surface area contributed by atoms with Gasteiger partial charge >= 0.3 is 12.0 Å². The van der Waals surface area contributed by atoms with Crippen LogP contribution in [0.4, 0.5) is 4.79 Å². The largest absolute Gasteiger partial charge is 0.481 e. The van der Waals surface area contributed by atoms with Gasteiger partial charge in [-0.25, -0.2) is 4.79 Å². The molecule has 1 heterocycles. The summed E-state index contributed by atoms with van der Waals surface area (Å²) in [7, 11) is 0. The van der Waals surface area contributed by atoms with Crippen molar-refractivity contribution in [1.29, 1.82) is 0 Å². The molecule has 0 aromatic heterocycles. The van der Waals surface area contributed by atoms with Crippen LogP contribution in [0.15, 0.2) is 16.5 Å². The Labute approximate surface area is 95.6 Å². The molecule has 0 fully saturated rings. The molecule has 1 rings (SSSR count). The van der Waals surface area contributed by atoms with Crippen LogP contribution in [0.2, 0.25) is 0 Å². The van der Waals surface area contributed by atoms with Crippen LogP contribution in [0, 0.1) is 5.92 Å². The van der Waals surface area contributed by atoms with Crippen molar-refractivity contribution < 1.29 is 19.5 Å². The number of carboxylic acids is 1. The highest BCUT2D eigenvalue weighted by Crippen LogP contribution is 2.25. The molecule has 2 atom stereocenters. The van der Waals surface area contributed by atoms with E-state index in [0.29, 0.717) is 0 Å². The van der Waals surface area contributed by atoms with Crippen LogP contribution in [-0.4, -0.2) is 33.9 Å². The summed E-state index contributed by atoms with van der Waals surface area (Å²) in [5, 5.41) is 9.53. The Hall–Kier alpha value is -1.63. The van der Waals surface area contributed by atoms with Crippen molar-refractivity contribution in [2.75, 3.05) is 0 Å². The Morgan fingerprint density at radius 1 is 1.56 bits per heavy atom. The van der Waals surface area contributed by atoms with Crippen LogP contribution >= 0.6 is 11.8 Å². The molecule has 1 aliphatic heterocycles. The number of carboxylic acid groups (broad SMARTS) is 1. The highest BCUT2D eigenvalue weighted by Gasteiger charge is 2.33. The number of nitrogens with two attached hydrogens (primary N) is 1. The molecular formula is C9H10N2O4S. The highest BCUT2D eigenvalue weighted by molar-refractivity contribution is 8.04. The van der Waals surface area contributed by atoms with Gasteiger partial charge in [0.25, 0.3) is 0 Å². The summed E-state index contributed by atoms with van der Waals surface area (Å²) in [6, 6.07) is -0.900. The van der Waals surface area contributed by atoms with E-state index in [0.717, 1.165) is 11.8 Å². The molecule has 0 aromatic rings. The predicted octanol–water partition coefficient (Wildman–Crippen LogP) is 0.425. The predicted molar refractivity (Wildman–Crippen MR) is 59.3 cm³/mol. The van der Waals surface area contributed by atoms with E-state index in [1.165, 1.54) is 13.0 Å². The zero-order chi connectivity index (χ0) is 12.3. The SMILES string of the molecule is CC(C(=O)O)C(=O)C1SC=CC1=NC(N)=O. The van der Waals surface area contributed by atoms with Crippen molar-refractivity contribution in [3.05, 3.63) is 11.5 Å². The second-order valence-electron chi connectivity index (χ2n) is 3.16. The maximum atomic E-state index is 11.7. The number of urea groups is 1. The number of carbonyl (C=O) groups is 3. The molecule has 0 aromatic carbocycles. The van der Waals surface area contributed by atoms with Gasteiger partial charge in [0.15, 0.2) is 5.78 Å². The molecule has 0 bridgehead atoms. The van der Waals surface area contributed by atoms with E-state index in [4.69, 9.17) is 10.8 Å². The molecule has 0 radical (unpaired) electrons. The van der Waals surface area contributed by atoms with Crippen molar-refractivity contribution in [2.24, 2.45) is 16.6 Å². The third-order valence-corrected chi connectivity index (χ3v) is 3.06. The minimum atomic E-state index is -1.20. The number of aliphatic carboxylic acids is 1. The number of rotatable bonds is 3. The lowest BCUT2D eigenvalue weighted by molar-refractivity contribution is -0.145. The number of thioether (sulfide) groups is 1. The monoisotopic (exact) mass is 242 g/mol. The summed E-state index contributed by atoms with van der Waals surface area (Å²) in [5.41, 5.74) is 5.08. The van der Waals surface area contributed by atoms with Crippen LogP contribution in [0.25, 0.3) is 0 Å². The Morgan fingerprint density at radius 2 is 2.19 bits per heavy atom. The van der Waals surface area contributed by atoms with E-state index in [1.54, 1.807) is 5.41 Å². The van der Waals surface area contributed by atoms with E-state index < -0.39 is 29.0 Å². The number of nitrogens with zero attached hydrogens (tertiary/aromatic N) is 1. The second-order valence-corrected chi connectivity index (χ2v) is 4.17. The second kappa shape index (κ2) is 4.93. The summed E-state index contributed by atoms with van der Waals surface area (Å²) in [6.45, 7) is 1.30. The molecule has 3 N–H and O–H groups in total. The summed E-state index contributed by atoms with van der Waals surface area (Å²) in [4.78, 5) is 36.4. The fourth-order valence-corrected chi connectivity index (χ4v) is 2.11. The van der Waals surface area contributed by atoms with E-state index in [2.05, 4.69) is 4.99 Å². The zero-order valence-corrected chi connectivity index (χ0v) is 9.23. The lowest BCUT2D eigenvalue weighted by atomic mass is 10.0.